The average molecular weight is 398 g/mol. The first kappa shape index (κ1) is 19.8. The third kappa shape index (κ3) is 4.14. The van der Waals surface area contributed by atoms with Crippen molar-refractivity contribution < 1.29 is 9.53 Å². The van der Waals surface area contributed by atoms with E-state index in [4.69, 9.17) is 4.74 Å². The minimum atomic E-state index is -0.180. The molecule has 1 amide bonds. The van der Waals surface area contributed by atoms with Gasteiger partial charge in [-0.15, -0.1) is 11.3 Å². The smallest absolute Gasteiger partial charge is 0.246 e. The Labute approximate surface area is 167 Å². The summed E-state index contributed by atoms with van der Waals surface area (Å²) in [4.78, 5) is 29.7. The molecule has 0 saturated carbocycles. The predicted molar refractivity (Wildman–Crippen MR) is 112 cm³/mol. The lowest BCUT2D eigenvalue weighted by Crippen LogP contribution is -2.23. The van der Waals surface area contributed by atoms with Gasteiger partial charge in [-0.3, -0.25) is 9.59 Å². The summed E-state index contributed by atoms with van der Waals surface area (Å²) in [6.45, 7) is 7.74. The fourth-order valence-electron chi connectivity index (χ4n) is 3.18. The minimum absolute atomic E-state index is 0.0540. The first-order valence-corrected chi connectivity index (χ1v) is 9.70. The molecule has 0 unspecified atom stereocenters. The normalized spacial score (nSPS) is 10.8. The molecule has 0 radical (unpaired) electrons. The average Bonchev–Trinajstić information content (AvgIpc) is 2.98. The minimum Gasteiger partial charge on any atom is -0.496 e. The van der Waals surface area contributed by atoms with Crippen molar-refractivity contribution in [3.8, 4) is 17.0 Å². The zero-order valence-corrected chi connectivity index (χ0v) is 17.4. The van der Waals surface area contributed by atoms with Crippen molar-refractivity contribution in [3.05, 3.63) is 62.4 Å². The molecule has 146 valence electrons. The van der Waals surface area contributed by atoms with Crippen LogP contribution in [0.25, 0.3) is 11.3 Å². The fourth-order valence-corrected chi connectivity index (χ4v) is 4.03. The Balaban J connectivity index is 1.79. The number of ether oxygens (including phenoxy) is 1. The molecular formula is C21H23N3O3S. The van der Waals surface area contributed by atoms with E-state index in [0.29, 0.717) is 5.13 Å². The maximum absolute atomic E-state index is 12.5. The number of aryl methyl sites for hydroxylation is 4. The lowest BCUT2D eigenvalue weighted by molar-refractivity contribution is -0.116. The van der Waals surface area contributed by atoms with Gasteiger partial charge in [0, 0.05) is 34.0 Å². The molecule has 7 heteroatoms. The second kappa shape index (κ2) is 7.98. The van der Waals surface area contributed by atoms with Gasteiger partial charge in [-0.25, -0.2) is 4.98 Å². The molecule has 0 atom stereocenters. The van der Waals surface area contributed by atoms with E-state index in [1.165, 1.54) is 23.5 Å². The topological polar surface area (TPSA) is 73.2 Å². The first-order valence-electron chi connectivity index (χ1n) is 8.89. The van der Waals surface area contributed by atoms with Crippen molar-refractivity contribution in [3.63, 3.8) is 0 Å². The number of benzene rings is 1. The largest absolute Gasteiger partial charge is 0.496 e. The van der Waals surface area contributed by atoms with E-state index >= 15 is 0 Å². The molecule has 1 N–H and O–H groups in total. The molecule has 3 aromatic rings. The van der Waals surface area contributed by atoms with E-state index in [2.05, 4.69) is 10.3 Å². The number of anilines is 1. The number of hydrogen-bond donors (Lipinski definition) is 1. The highest BCUT2D eigenvalue weighted by Crippen LogP contribution is 2.32. The lowest BCUT2D eigenvalue weighted by atomic mass is 10.1. The first-order chi connectivity index (χ1) is 13.3. The van der Waals surface area contributed by atoms with Gasteiger partial charge >= 0.3 is 0 Å². The number of thiazole rings is 1. The Bertz CT molecular complexity index is 1070. The van der Waals surface area contributed by atoms with Crippen LogP contribution in [0, 0.1) is 27.7 Å². The second-order valence-corrected chi connectivity index (χ2v) is 7.92. The van der Waals surface area contributed by atoms with Gasteiger partial charge in [0.25, 0.3) is 0 Å². The van der Waals surface area contributed by atoms with Gasteiger partial charge in [0.1, 0.15) is 12.3 Å². The van der Waals surface area contributed by atoms with E-state index < -0.39 is 0 Å². The van der Waals surface area contributed by atoms with Crippen molar-refractivity contribution in [2.45, 2.75) is 34.2 Å². The molecule has 2 aromatic heterocycles. The Morgan fingerprint density at radius 1 is 1.14 bits per heavy atom. The summed E-state index contributed by atoms with van der Waals surface area (Å²) in [6, 6.07) is 8.96. The van der Waals surface area contributed by atoms with E-state index in [1.807, 2.05) is 50.5 Å². The van der Waals surface area contributed by atoms with Crippen molar-refractivity contribution in [2.24, 2.45) is 0 Å². The third-order valence-corrected chi connectivity index (χ3v) is 5.45. The highest BCUT2D eigenvalue weighted by molar-refractivity contribution is 7.16. The summed E-state index contributed by atoms with van der Waals surface area (Å²) in [5.41, 5.74) is 4.32. The number of hydrogen-bond acceptors (Lipinski definition) is 5. The van der Waals surface area contributed by atoms with Gasteiger partial charge < -0.3 is 14.6 Å². The van der Waals surface area contributed by atoms with Crippen molar-refractivity contribution in [2.75, 3.05) is 12.4 Å². The summed E-state index contributed by atoms with van der Waals surface area (Å²) in [7, 11) is 1.65. The number of amides is 1. The summed E-state index contributed by atoms with van der Waals surface area (Å²) < 4.78 is 7.12. The van der Waals surface area contributed by atoms with E-state index in [0.717, 1.165) is 38.8 Å². The van der Waals surface area contributed by atoms with Gasteiger partial charge in [0.2, 0.25) is 5.91 Å². The predicted octanol–water partition coefficient (Wildman–Crippen LogP) is 3.85. The molecule has 0 aliphatic carbocycles. The zero-order chi connectivity index (χ0) is 20.4. The number of rotatable bonds is 5. The Hall–Kier alpha value is -2.93. The number of aromatic nitrogens is 2. The van der Waals surface area contributed by atoms with E-state index in [-0.39, 0.29) is 17.9 Å². The fraction of sp³-hybridized carbons (Fsp3) is 0.286. The van der Waals surface area contributed by atoms with Gasteiger partial charge in [-0.05, 0) is 51.5 Å². The van der Waals surface area contributed by atoms with Crippen LogP contribution >= 0.6 is 11.3 Å². The Morgan fingerprint density at radius 2 is 1.82 bits per heavy atom. The number of carbonyl (C=O) groups excluding carboxylic acids is 1. The van der Waals surface area contributed by atoms with Crippen LogP contribution in [0.5, 0.6) is 5.75 Å². The number of carbonyl (C=O) groups is 1. The second-order valence-electron chi connectivity index (χ2n) is 6.72. The summed E-state index contributed by atoms with van der Waals surface area (Å²) in [5, 5.41) is 3.43. The van der Waals surface area contributed by atoms with Crippen LogP contribution in [0.4, 0.5) is 5.13 Å². The molecule has 0 aliphatic rings. The third-order valence-electron chi connectivity index (χ3n) is 4.57. The van der Waals surface area contributed by atoms with Gasteiger partial charge in [-0.1, -0.05) is 0 Å². The maximum Gasteiger partial charge on any atom is 0.246 e. The Morgan fingerprint density at radius 3 is 2.43 bits per heavy atom. The number of nitrogens with zero attached hydrogens (tertiary/aromatic N) is 2. The van der Waals surface area contributed by atoms with Crippen molar-refractivity contribution >= 4 is 22.4 Å². The molecule has 0 bridgehead atoms. The summed E-state index contributed by atoms with van der Waals surface area (Å²) in [6.07, 6.45) is 0. The van der Waals surface area contributed by atoms with Gasteiger partial charge in [0.15, 0.2) is 10.6 Å². The van der Waals surface area contributed by atoms with Crippen LogP contribution in [0.15, 0.2) is 35.1 Å². The number of pyridine rings is 1. The standard InChI is InChI=1S/C21H23N3O3S/c1-12-8-16(6-7-18(12)27-5)20-15(4)28-21(23-20)22-19(26)11-24-13(2)9-17(25)10-14(24)3/h6-10H,11H2,1-5H3,(H,22,23,26). The van der Waals surface area contributed by atoms with Crippen LogP contribution in [-0.4, -0.2) is 22.6 Å². The van der Waals surface area contributed by atoms with Gasteiger partial charge in [0.05, 0.1) is 12.8 Å². The van der Waals surface area contributed by atoms with Crippen LogP contribution in [0.1, 0.15) is 21.8 Å². The van der Waals surface area contributed by atoms with Crippen LogP contribution in [0.2, 0.25) is 0 Å². The van der Waals surface area contributed by atoms with E-state index in [9.17, 15) is 9.59 Å². The molecule has 28 heavy (non-hydrogen) atoms. The summed E-state index contributed by atoms with van der Waals surface area (Å²) >= 11 is 1.44. The van der Waals surface area contributed by atoms with Crippen molar-refractivity contribution in [1.82, 2.24) is 9.55 Å². The lowest BCUT2D eigenvalue weighted by Gasteiger charge is -2.13. The van der Waals surface area contributed by atoms with Crippen LogP contribution in [0.3, 0.4) is 0 Å². The highest BCUT2D eigenvalue weighted by Gasteiger charge is 2.14. The molecular weight excluding hydrogens is 374 g/mol. The maximum atomic E-state index is 12.5. The number of methoxy groups -OCH3 is 1. The molecule has 0 saturated heterocycles. The SMILES string of the molecule is COc1ccc(-c2nc(NC(=O)Cn3c(C)cc(=O)cc3C)sc2C)cc1C. The number of nitrogens with one attached hydrogen (secondary N) is 1. The highest BCUT2D eigenvalue weighted by atomic mass is 32.1. The molecule has 0 fully saturated rings. The van der Waals surface area contributed by atoms with Crippen LogP contribution in [-0.2, 0) is 11.3 Å². The zero-order valence-electron chi connectivity index (χ0n) is 16.6. The molecule has 1 aromatic carbocycles. The van der Waals surface area contributed by atoms with Crippen molar-refractivity contribution in [1.29, 1.82) is 0 Å². The monoisotopic (exact) mass is 397 g/mol. The molecule has 6 nitrogen and oxygen atoms in total. The Kier molecular flexibility index (Phi) is 5.65. The molecule has 2 heterocycles. The quantitative estimate of drug-likeness (QED) is 0.710. The van der Waals surface area contributed by atoms with Crippen LogP contribution < -0.4 is 15.5 Å². The molecule has 3 rings (SSSR count). The summed E-state index contributed by atoms with van der Waals surface area (Å²) in [5.74, 6) is 0.651. The van der Waals surface area contributed by atoms with E-state index in [1.54, 1.807) is 7.11 Å². The van der Waals surface area contributed by atoms with Gasteiger partial charge in [-0.2, -0.15) is 0 Å². The molecule has 0 spiro atoms. The molecule has 0 aliphatic heterocycles.